The number of aliphatic hydroxyl groups excluding tert-OH is 1. The van der Waals surface area contributed by atoms with E-state index in [1.54, 1.807) is 18.2 Å². The molecule has 3 aromatic rings. The molecule has 2 heterocycles. The Morgan fingerprint density at radius 3 is 2.77 bits per heavy atom. The highest BCUT2D eigenvalue weighted by Crippen LogP contribution is 2.19. The zero-order chi connectivity index (χ0) is 22.2. The first-order valence-electron chi connectivity index (χ1n) is 10.1. The number of aromatic nitrogens is 3. The lowest BCUT2D eigenvalue weighted by Gasteiger charge is -2.12. The fourth-order valence-corrected chi connectivity index (χ4v) is 2.98. The molecule has 0 aliphatic rings. The maximum Gasteiger partial charge on any atom is 0.252 e. The third-order valence-electron chi connectivity index (χ3n) is 4.93. The number of benzene rings is 1. The number of nitrogens with zero attached hydrogens (tertiary/aromatic N) is 3. The van der Waals surface area contributed by atoms with E-state index in [1.165, 1.54) is 29.3 Å². The smallest absolute Gasteiger partial charge is 0.252 e. The summed E-state index contributed by atoms with van der Waals surface area (Å²) in [5, 5.41) is 15.7. The van der Waals surface area contributed by atoms with Gasteiger partial charge >= 0.3 is 0 Å². The summed E-state index contributed by atoms with van der Waals surface area (Å²) in [5.41, 5.74) is 4.64. The minimum Gasteiger partial charge on any atom is -0.396 e. The first-order chi connectivity index (χ1) is 15.0. The maximum atomic E-state index is 14.3. The molecule has 3 N–H and O–H groups in total. The third kappa shape index (κ3) is 6.08. The van der Waals surface area contributed by atoms with E-state index < -0.39 is 5.95 Å². The molecule has 31 heavy (non-hydrogen) atoms. The summed E-state index contributed by atoms with van der Waals surface area (Å²) in [5.74, 6) is -1.30. The minimum atomic E-state index is -0.698. The Kier molecular flexibility index (Phi) is 7.66. The number of hydrogen-bond donors (Lipinski definition) is 3. The average Bonchev–Trinajstić information content (AvgIpc) is 3.15. The third-order valence-corrected chi connectivity index (χ3v) is 4.93. The van der Waals surface area contributed by atoms with Crippen LogP contribution in [0, 0.1) is 17.7 Å². The number of rotatable bonds is 10. The van der Waals surface area contributed by atoms with E-state index in [1.807, 2.05) is 13.0 Å². The fraction of sp³-hybridized carbons (Fsp3) is 0.318. The van der Waals surface area contributed by atoms with Crippen molar-refractivity contribution in [2.45, 2.75) is 19.8 Å². The highest BCUT2D eigenvalue weighted by Gasteiger charge is 2.14. The van der Waals surface area contributed by atoms with Crippen LogP contribution < -0.4 is 10.7 Å². The van der Waals surface area contributed by atoms with Gasteiger partial charge in [-0.2, -0.15) is 9.18 Å². The molecule has 0 aliphatic carbocycles. The Balaban J connectivity index is 1.58. The molecule has 7 nitrogen and oxygen atoms in total. The van der Waals surface area contributed by atoms with Gasteiger partial charge in [-0.15, -0.1) is 5.10 Å². The standard InChI is InChI=1S/C22H25F2N5O2/c1-2-15(14-30)11-26-22(31)17-6-7-20(25-12-17)19-13-29(28-21(19)24)27-9-8-16-4-3-5-18(23)10-16/h3-7,10,12-13,15,27,30H,2,8-9,11,14H2,1H3,(H,26,31)/t15-/m1/s1. The molecule has 0 radical (unpaired) electrons. The van der Waals surface area contributed by atoms with Crippen molar-refractivity contribution in [2.75, 3.05) is 25.1 Å². The van der Waals surface area contributed by atoms with E-state index in [0.29, 0.717) is 30.8 Å². The summed E-state index contributed by atoms with van der Waals surface area (Å²) in [6.45, 7) is 2.75. The van der Waals surface area contributed by atoms with Gasteiger partial charge in [0.05, 0.1) is 23.0 Å². The molecule has 1 aromatic carbocycles. The molecule has 2 aromatic heterocycles. The Bertz CT molecular complexity index is 1000. The number of aliphatic hydroxyl groups is 1. The summed E-state index contributed by atoms with van der Waals surface area (Å²) in [7, 11) is 0. The van der Waals surface area contributed by atoms with Crippen LogP contribution in [-0.4, -0.2) is 45.6 Å². The number of amides is 1. The van der Waals surface area contributed by atoms with Crippen molar-refractivity contribution in [3.63, 3.8) is 0 Å². The fourth-order valence-electron chi connectivity index (χ4n) is 2.98. The quantitative estimate of drug-likeness (QED) is 0.461. The molecule has 0 spiro atoms. The molecule has 9 heteroatoms. The zero-order valence-electron chi connectivity index (χ0n) is 17.2. The maximum absolute atomic E-state index is 14.3. The zero-order valence-corrected chi connectivity index (χ0v) is 17.2. The van der Waals surface area contributed by atoms with Gasteiger partial charge in [-0.3, -0.25) is 9.78 Å². The van der Waals surface area contributed by atoms with E-state index in [4.69, 9.17) is 0 Å². The molecular formula is C22H25F2N5O2. The van der Waals surface area contributed by atoms with Gasteiger partial charge in [0, 0.05) is 25.9 Å². The first kappa shape index (κ1) is 22.4. The summed E-state index contributed by atoms with van der Waals surface area (Å²) < 4.78 is 27.5. The second-order valence-electron chi connectivity index (χ2n) is 7.17. The second kappa shape index (κ2) is 10.6. The van der Waals surface area contributed by atoms with E-state index >= 15 is 0 Å². The van der Waals surface area contributed by atoms with Crippen LogP contribution in [0.5, 0.6) is 0 Å². The minimum absolute atomic E-state index is 0.00420. The molecule has 1 atom stereocenters. The molecule has 0 saturated carbocycles. The van der Waals surface area contributed by atoms with Gasteiger partial charge in [-0.05, 0) is 48.6 Å². The highest BCUT2D eigenvalue weighted by molar-refractivity contribution is 5.94. The number of pyridine rings is 1. The number of hydrogen-bond acceptors (Lipinski definition) is 5. The molecule has 0 saturated heterocycles. The van der Waals surface area contributed by atoms with E-state index in [0.717, 1.165) is 12.0 Å². The van der Waals surface area contributed by atoms with Crippen LogP contribution in [0.2, 0.25) is 0 Å². The van der Waals surface area contributed by atoms with Crippen LogP contribution in [0.1, 0.15) is 29.3 Å². The highest BCUT2D eigenvalue weighted by atomic mass is 19.1. The van der Waals surface area contributed by atoms with Crippen LogP contribution in [-0.2, 0) is 6.42 Å². The van der Waals surface area contributed by atoms with Gasteiger partial charge in [-0.25, -0.2) is 4.39 Å². The lowest BCUT2D eigenvalue weighted by atomic mass is 10.1. The second-order valence-corrected chi connectivity index (χ2v) is 7.17. The van der Waals surface area contributed by atoms with Crippen molar-refractivity contribution in [1.29, 1.82) is 0 Å². The van der Waals surface area contributed by atoms with Gasteiger partial charge in [0.2, 0.25) is 5.95 Å². The number of carbonyl (C=O) groups excluding carboxylic acids is 1. The molecule has 0 bridgehead atoms. The van der Waals surface area contributed by atoms with Crippen LogP contribution in [0.3, 0.4) is 0 Å². The Morgan fingerprint density at radius 2 is 2.10 bits per heavy atom. The van der Waals surface area contributed by atoms with Crippen molar-refractivity contribution in [3.8, 4) is 11.3 Å². The molecule has 164 valence electrons. The SMILES string of the molecule is CC[C@@H](CO)CNC(=O)c1ccc(-c2cn(NCCc3cccc(F)c3)nc2F)nc1. The molecule has 1 amide bonds. The van der Waals surface area contributed by atoms with Crippen molar-refractivity contribution in [1.82, 2.24) is 20.2 Å². The first-order valence-corrected chi connectivity index (χ1v) is 10.1. The number of nitrogens with one attached hydrogen (secondary N) is 2. The predicted molar refractivity (Wildman–Crippen MR) is 113 cm³/mol. The molecular weight excluding hydrogens is 404 g/mol. The Labute approximate surface area is 179 Å². The van der Waals surface area contributed by atoms with Gasteiger partial charge in [0.15, 0.2) is 0 Å². The van der Waals surface area contributed by atoms with E-state index in [2.05, 4.69) is 20.8 Å². The van der Waals surface area contributed by atoms with Crippen LogP contribution in [0.15, 0.2) is 48.8 Å². The predicted octanol–water partition coefficient (Wildman–Crippen LogP) is 2.76. The largest absolute Gasteiger partial charge is 0.396 e. The summed E-state index contributed by atoms with van der Waals surface area (Å²) in [4.78, 5) is 17.6. The van der Waals surface area contributed by atoms with Crippen LogP contribution in [0.25, 0.3) is 11.3 Å². The summed E-state index contributed by atoms with van der Waals surface area (Å²) in [6.07, 6.45) is 4.15. The van der Waals surface area contributed by atoms with Crippen molar-refractivity contribution in [2.24, 2.45) is 5.92 Å². The van der Waals surface area contributed by atoms with Crippen molar-refractivity contribution < 1.29 is 18.7 Å². The topological polar surface area (TPSA) is 92.1 Å². The number of carbonyl (C=O) groups is 1. The Hall–Kier alpha value is -3.33. The summed E-state index contributed by atoms with van der Waals surface area (Å²) >= 11 is 0. The van der Waals surface area contributed by atoms with Gasteiger partial charge in [0.25, 0.3) is 5.91 Å². The van der Waals surface area contributed by atoms with Crippen molar-refractivity contribution >= 4 is 5.91 Å². The van der Waals surface area contributed by atoms with E-state index in [9.17, 15) is 18.7 Å². The average molecular weight is 429 g/mol. The monoisotopic (exact) mass is 429 g/mol. The summed E-state index contributed by atoms with van der Waals surface area (Å²) in [6, 6.07) is 9.39. The molecule has 0 fully saturated rings. The lowest BCUT2D eigenvalue weighted by Crippen LogP contribution is -2.30. The Morgan fingerprint density at radius 1 is 1.26 bits per heavy atom. The molecule has 3 rings (SSSR count). The van der Waals surface area contributed by atoms with Crippen molar-refractivity contribution in [3.05, 3.63) is 71.7 Å². The number of halogens is 2. The van der Waals surface area contributed by atoms with E-state index in [-0.39, 0.29) is 29.8 Å². The normalized spacial score (nSPS) is 11.9. The van der Waals surface area contributed by atoms with Gasteiger partial charge in [-0.1, -0.05) is 19.1 Å². The lowest BCUT2D eigenvalue weighted by molar-refractivity contribution is 0.0939. The van der Waals surface area contributed by atoms with Crippen LogP contribution >= 0.6 is 0 Å². The molecule has 0 unspecified atom stereocenters. The van der Waals surface area contributed by atoms with Gasteiger partial charge < -0.3 is 15.8 Å². The molecule has 0 aliphatic heterocycles. The van der Waals surface area contributed by atoms with Crippen LogP contribution in [0.4, 0.5) is 8.78 Å². The van der Waals surface area contributed by atoms with Gasteiger partial charge in [0.1, 0.15) is 5.82 Å².